The van der Waals surface area contributed by atoms with Crippen molar-refractivity contribution < 1.29 is 40.3 Å². The van der Waals surface area contributed by atoms with Gasteiger partial charge in [-0.25, -0.2) is 4.39 Å². The predicted octanol–water partition coefficient (Wildman–Crippen LogP) is 4.80. The lowest BCUT2D eigenvalue weighted by Gasteiger charge is -2.31. The summed E-state index contributed by atoms with van der Waals surface area (Å²) < 4.78 is 91.3. The van der Waals surface area contributed by atoms with Gasteiger partial charge in [0, 0.05) is 25.9 Å². The van der Waals surface area contributed by atoms with Crippen molar-refractivity contribution in [3.63, 3.8) is 0 Å². The number of rotatable bonds is 8. The Hall–Kier alpha value is -2.17. The van der Waals surface area contributed by atoms with Crippen LogP contribution < -0.4 is 5.32 Å². The van der Waals surface area contributed by atoms with Crippen molar-refractivity contribution in [1.29, 1.82) is 0 Å². The number of nitrogens with one attached hydrogen (secondary N) is 1. The highest BCUT2D eigenvalue weighted by atomic mass is 19.4. The quantitative estimate of drug-likeness (QED) is 0.540. The predicted molar refractivity (Wildman–Crippen MR) is 107 cm³/mol. The van der Waals surface area contributed by atoms with Gasteiger partial charge in [-0.15, -0.1) is 0 Å². The van der Waals surface area contributed by atoms with Gasteiger partial charge in [-0.2, -0.15) is 26.3 Å². The normalized spacial score (nSPS) is 16.6. The number of benzene rings is 1. The summed E-state index contributed by atoms with van der Waals surface area (Å²) in [5.74, 6) is -1.15. The third kappa shape index (κ3) is 8.60. The Labute approximate surface area is 187 Å². The van der Waals surface area contributed by atoms with Crippen molar-refractivity contribution in [3.05, 3.63) is 34.9 Å². The number of carbonyl (C=O) groups excluding carboxylic acids is 2. The second-order valence-electron chi connectivity index (χ2n) is 8.85. The zero-order valence-corrected chi connectivity index (χ0v) is 18.4. The van der Waals surface area contributed by atoms with E-state index in [1.807, 2.05) is 4.90 Å². The number of ketones is 1. The summed E-state index contributed by atoms with van der Waals surface area (Å²) in [5.41, 5.74) is -5.15. The molecule has 1 aliphatic heterocycles. The van der Waals surface area contributed by atoms with Crippen molar-refractivity contribution in [1.82, 2.24) is 10.2 Å². The minimum Gasteiger partial charge on any atom is -0.352 e. The Bertz CT molecular complexity index is 804. The highest BCUT2D eigenvalue weighted by molar-refractivity contribution is 5.84. The molecule has 1 aliphatic rings. The summed E-state index contributed by atoms with van der Waals surface area (Å²) in [6.45, 7) is 4.34. The molecule has 1 fully saturated rings. The maximum absolute atomic E-state index is 13.5. The number of likely N-dealkylation sites (tertiary alicyclic amines) is 1. The van der Waals surface area contributed by atoms with Crippen LogP contribution >= 0.6 is 0 Å². The smallest absolute Gasteiger partial charge is 0.352 e. The summed E-state index contributed by atoms with van der Waals surface area (Å²) in [6, 6.07) is 1.21. The van der Waals surface area contributed by atoms with Crippen LogP contribution in [0.2, 0.25) is 0 Å². The van der Waals surface area contributed by atoms with Crippen LogP contribution in [0, 0.1) is 5.92 Å². The molecule has 186 valence electrons. The summed E-state index contributed by atoms with van der Waals surface area (Å²) in [5, 5.41) is 2.50. The number of halogens is 7. The molecule has 33 heavy (non-hydrogen) atoms. The van der Waals surface area contributed by atoms with Crippen molar-refractivity contribution in [2.45, 2.75) is 57.6 Å². The van der Waals surface area contributed by atoms with E-state index in [0.717, 1.165) is 13.8 Å². The molecule has 0 bridgehead atoms. The van der Waals surface area contributed by atoms with Gasteiger partial charge in [0.25, 0.3) is 5.91 Å². The molecule has 1 aromatic carbocycles. The molecule has 0 saturated carbocycles. The minimum atomic E-state index is -4.95. The molecule has 2 rings (SSSR count). The zero-order valence-electron chi connectivity index (χ0n) is 18.4. The molecule has 0 aromatic heterocycles. The lowest BCUT2D eigenvalue weighted by Crippen LogP contribution is -2.44. The van der Waals surface area contributed by atoms with Gasteiger partial charge in [0.1, 0.15) is 5.78 Å². The second-order valence-corrected chi connectivity index (χ2v) is 8.85. The van der Waals surface area contributed by atoms with E-state index in [1.54, 1.807) is 0 Å². The average molecular weight is 484 g/mol. The van der Waals surface area contributed by atoms with Crippen LogP contribution in [-0.2, 0) is 28.4 Å². The van der Waals surface area contributed by atoms with Gasteiger partial charge in [0.05, 0.1) is 11.1 Å². The first-order valence-electron chi connectivity index (χ1n) is 10.6. The first-order valence-corrected chi connectivity index (χ1v) is 10.6. The summed E-state index contributed by atoms with van der Waals surface area (Å²) >= 11 is 0. The number of hydrogen-bond acceptors (Lipinski definition) is 3. The van der Waals surface area contributed by atoms with Crippen molar-refractivity contribution in [2.24, 2.45) is 5.92 Å². The number of amides is 1. The monoisotopic (exact) mass is 484 g/mol. The molecular formula is C22H27F7N2O2. The molecule has 1 aromatic rings. The van der Waals surface area contributed by atoms with Crippen LogP contribution in [0.1, 0.15) is 49.8 Å². The van der Waals surface area contributed by atoms with Crippen molar-refractivity contribution >= 4 is 11.7 Å². The molecule has 0 atom stereocenters. The van der Waals surface area contributed by atoms with E-state index in [4.69, 9.17) is 0 Å². The van der Waals surface area contributed by atoms with E-state index < -0.39 is 47.3 Å². The fourth-order valence-corrected chi connectivity index (χ4v) is 3.70. The van der Waals surface area contributed by atoms with Gasteiger partial charge in [0.2, 0.25) is 0 Å². The lowest BCUT2D eigenvalue weighted by atomic mass is 9.89. The summed E-state index contributed by atoms with van der Waals surface area (Å²) in [4.78, 5) is 25.9. The van der Waals surface area contributed by atoms with E-state index in [1.165, 1.54) is 0 Å². The molecule has 1 N–H and O–H groups in total. The fraction of sp³-hybridized carbons (Fsp3) is 0.636. The molecule has 0 spiro atoms. The summed E-state index contributed by atoms with van der Waals surface area (Å²) in [7, 11) is 0. The maximum atomic E-state index is 13.5. The molecule has 4 nitrogen and oxygen atoms in total. The van der Waals surface area contributed by atoms with E-state index in [-0.39, 0.29) is 30.5 Å². The summed E-state index contributed by atoms with van der Waals surface area (Å²) in [6.07, 6.45) is -9.08. The Kier molecular flexibility index (Phi) is 8.53. The average Bonchev–Trinajstić information content (AvgIpc) is 2.67. The fourth-order valence-electron chi connectivity index (χ4n) is 3.70. The maximum Gasteiger partial charge on any atom is 0.416 e. The largest absolute Gasteiger partial charge is 0.416 e. The molecule has 11 heteroatoms. The molecular weight excluding hydrogens is 457 g/mol. The highest BCUT2D eigenvalue weighted by Gasteiger charge is 2.37. The number of alkyl halides is 7. The van der Waals surface area contributed by atoms with Crippen LogP contribution in [0.25, 0.3) is 0 Å². The Morgan fingerprint density at radius 3 is 1.91 bits per heavy atom. The number of carbonyl (C=O) groups is 2. The van der Waals surface area contributed by atoms with Crippen LogP contribution in [0.4, 0.5) is 30.7 Å². The van der Waals surface area contributed by atoms with Crippen LogP contribution in [0.3, 0.4) is 0 Å². The Balaban J connectivity index is 1.87. The number of hydrogen-bond donors (Lipinski definition) is 1. The van der Waals surface area contributed by atoms with Crippen LogP contribution in [-0.4, -0.2) is 48.4 Å². The number of piperidine rings is 1. The van der Waals surface area contributed by atoms with E-state index in [0.29, 0.717) is 44.6 Å². The Morgan fingerprint density at radius 1 is 0.939 bits per heavy atom. The second kappa shape index (κ2) is 10.4. The van der Waals surface area contributed by atoms with Gasteiger partial charge in [-0.3, -0.25) is 9.59 Å². The van der Waals surface area contributed by atoms with Gasteiger partial charge in [-0.1, -0.05) is 0 Å². The SMILES string of the molecule is CC(C)(F)C(=O)NCCN1CCC(CC(=O)Cc2cc(C(F)(F)F)cc(C(F)(F)F)c2)CC1. The van der Waals surface area contributed by atoms with Gasteiger partial charge in [-0.05, 0) is 69.5 Å². The first-order chi connectivity index (χ1) is 15.1. The van der Waals surface area contributed by atoms with E-state index in [2.05, 4.69) is 5.32 Å². The standard InChI is InChI=1S/C22H27F7N2O2/c1-20(2,23)19(33)30-5-8-31-6-3-14(4-7-31)11-18(32)12-15-9-16(21(24,25)26)13-17(10-15)22(27,28)29/h9-10,13-14H,3-8,11-12H2,1-2H3,(H,30,33). The lowest BCUT2D eigenvalue weighted by molar-refractivity contribution is -0.143. The number of Topliss-reactive ketones (excluding diaryl/α,β-unsaturated/α-hetero) is 1. The van der Waals surface area contributed by atoms with Crippen molar-refractivity contribution in [3.8, 4) is 0 Å². The zero-order chi connectivity index (χ0) is 25.0. The van der Waals surface area contributed by atoms with E-state index >= 15 is 0 Å². The molecule has 0 unspecified atom stereocenters. The van der Waals surface area contributed by atoms with E-state index in [9.17, 15) is 40.3 Å². The number of nitrogens with zero attached hydrogens (tertiary/aromatic N) is 1. The van der Waals surface area contributed by atoms with Crippen LogP contribution in [0.15, 0.2) is 18.2 Å². The van der Waals surface area contributed by atoms with Gasteiger partial charge < -0.3 is 10.2 Å². The van der Waals surface area contributed by atoms with Gasteiger partial charge in [0.15, 0.2) is 5.67 Å². The highest BCUT2D eigenvalue weighted by Crippen LogP contribution is 2.36. The molecule has 0 aliphatic carbocycles. The first kappa shape index (κ1) is 27.1. The van der Waals surface area contributed by atoms with Gasteiger partial charge >= 0.3 is 12.4 Å². The third-order valence-electron chi connectivity index (χ3n) is 5.53. The minimum absolute atomic E-state index is 0.0269. The van der Waals surface area contributed by atoms with Crippen LogP contribution in [0.5, 0.6) is 0 Å². The molecule has 1 saturated heterocycles. The molecule has 0 radical (unpaired) electrons. The molecule has 1 heterocycles. The topological polar surface area (TPSA) is 49.4 Å². The Morgan fingerprint density at radius 2 is 1.45 bits per heavy atom. The third-order valence-corrected chi connectivity index (χ3v) is 5.53. The molecule has 1 amide bonds. The van der Waals surface area contributed by atoms with Crippen molar-refractivity contribution in [2.75, 3.05) is 26.2 Å².